The molecule has 1 saturated heterocycles. The van der Waals surface area contributed by atoms with Crippen LogP contribution in [-0.4, -0.2) is 68.8 Å². The lowest BCUT2D eigenvalue weighted by Gasteiger charge is -1.96. The number of aromatic nitrogens is 1. The Morgan fingerprint density at radius 3 is 1.74 bits per heavy atom. The van der Waals surface area contributed by atoms with Crippen molar-refractivity contribution in [1.82, 2.24) is 15.6 Å². The summed E-state index contributed by atoms with van der Waals surface area (Å²) in [4.78, 5) is 24.4. The Morgan fingerprint density at radius 2 is 1.48 bits per heavy atom. The molecule has 0 saturated carbocycles. The SMILES string of the molecule is CNCCc1ccccn1.CS(=O)(=O)O.CS(=O)(=O)O.O=C1CCC(=O)N1. The van der Waals surface area contributed by atoms with Gasteiger partial charge in [0.15, 0.2) is 0 Å². The van der Waals surface area contributed by atoms with E-state index in [0.717, 1.165) is 18.7 Å². The first-order valence-electron chi connectivity index (χ1n) is 7.44. The average molecular weight is 428 g/mol. The highest BCUT2D eigenvalue weighted by Crippen LogP contribution is 1.96. The quantitative estimate of drug-likeness (QED) is 0.355. The minimum absolute atomic E-state index is 0.148. The minimum Gasteiger partial charge on any atom is -0.319 e. The Labute approximate surface area is 159 Å². The monoisotopic (exact) mass is 427 g/mol. The molecule has 2 rings (SSSR count). The van der Waals surface area contributed by atoms with Crippen LogP contribution < -0.4 is 10.6 Å². The van der Waals surface area contributed by atoms with Crippen molar-refractivity contribution in [2.24, 2.45) is 0 Å². The number of carbonyl (C=O) groups excluding carboxylic acids is 2. The maximum atomic E-state index is 10.1. The van der Waals surface area contributed by atoms with E-state index in [9.17, 15) is 26.4 Å². The molecule has 1 aliphatic heterocycles. The molecule has 0 aliphatic carbocycles. The van der Waals surface area contributed by atoms with Crippen LogP contribution in [-0.2, 0) is 36.2 Å². The van der Waals surface area contributed by atoms with Gasteiger partial charge in [-0.2, -0.15) is 16.8 Å². The van der Waals surface area contributed by atoms with Gasteiger partial charge in [0.1, 0.15) is 0 Å². The molecule has 4 N–H and O–H groups in total. The number of nitrogens with zero attached hydrogens (tertiary/aromatic N) is 1. The van der Waals surface area contributed by atoms with E-state index in [-0.39, 0.29) is 11.8 Å². The van der Waals surface area contributed by atoms with Crippen molar-refractivity contribution in [3.8, 4) is 0 Å². The topological polar surface area (TPSA) is 180 Å². The summed E-state index contributed by atoms with van der Waals surface area (Å²) < 4.78 is 51.7. The minimum atomic E-state index is -3.67. The number of rotatable bonds is 3. The van der Waals surface area contributed by atoms with Crippen LogP contribution in [0.25, 0.3) is 0 Å². The van der Waals surface area contributed by atoms with Crippen LogP contribution in [0.1, 0.15) is 18.5 Å². The van der Waals surface area contributed by atoms with Gasteiger partial charge in [-0.25, -0.2) is 0 Å². The Balaban J connectivity index is 0. The van der Waals surface area contributed by atoms with Gasteiger partial charge < -0.3 is 5.32 Å². The molecule has 11 nitrogen and oxygen atoms in total. The third kappa shape index (κ3) is 32.2. The number of likely N-dealkylation sites (N-methyl/N-ethyl adjacent to an activating group) is 1. The van der Waals surface area contributed by atoms with Gasteiger partial charge in [0.2, 0.25) is 11.8 Å². The summed E-state index contributed by atoms with van der Waals surface area (Å²) in [5.41, 5.74) is 1.15. The third-order valence-electron chi connectivity index (χ3n) is 2.22. The van der Waals surface area contributed by atoms with Crippen molar-refractivity contribution in [2.45, 2.75) is 19.3 Å². The van der Waals surface area contributed by atoms with Crippen molar-refractivity contribution in [2.75, 3.05) is 26.1 Å². The van der Waals surface area contributed by atoms with Gasteiger partial charge in [-0.1, -0.05) is 6.07 Å². The van der Waals surface area contributed by atoms with Crippen molar-refractivity contribution in [1.29, 1.82) is 0 Å². The zero-order chi connectivity index (χ0) is 21.5. The van der Waals surface area contributed by atoms with Crippen LogP contribution in [0.4, 0.5) is 0 Å². The second-order valence-corrected chi connectivity index (χ2v) is 8.04. The number of carbonyl (C=O) groups is 2. The Morgan fingerprint density at radius 1 is 1.04 bits per heavy atom. The summed E-state index contributed by atoms with van der Waals surface area (Å²) in [7, 11) is -5.39. The predicted octanol–water partition coefficient (Wildman–Crippen LogP) is -0.725. The molecule has 156 valence electrons. The number of amides is 2. The van der Waals surface area contributed by atoms with Gasteiger partial charge >= 0.3 is 0 Å². The summed E-state index contributed by atoms with van der Waals surface area (Å²) in [5, 5.41) is 5.22. The fourth-order valence-corrected chi connectivity index (χ4v) is 1.31. The number of hydrogen-bond acceptors (Lipinski definition) is 8. The Bertz CT molecular complexity index is 705. The first-order chi connectivity index (χ1) is 12.2. The number of nitrogens with one attached hydrogen (secondary N) is 2. The molecule has 0 atom stereocenters. The Kier molecular flexibility index (Phi) is 14.3. The Hall–Kier alpha value is -1.93. The zero-order valence-electron chi connectivity index (χ0n) is 15.2. The number of imide groups is 1. The van der Waals surface area contributed by atoms with E-state index in [1.54, 1.807) is 0 Å². The van der Waals surface area contributed by atoms with E-state index in [1.807, 2.05) is 31.4 Å². The highest BCUT2D eigenvalue weighted by Gasteiger charge is 2.15. The van der Waals surface area contributed by atoms with E-state index in [1.165, 1.54) is 0 Å². The molecule has 0 radical (unpaired) electrons. The molecule has 1 aromatic heterocycles. The molecule has 0 spiro atoms. The fraction of sp³-hybridized carbons (Fsp3) is 0.500. The molecule has 0 unspecified atom stereocenters. The normalized spacial score (nSPS) is 13.1. The maximum Gasteiger partial charge on any atom is 0.261 e. The zero-order valence-corrected chi connectivity index (χ0v) is 16.9. The molecule has 13 heteroatoms. The summed E-state index contributed by atoms with van der Waals surface area (Å²) in [6.07, 6.45) is 5.01. The molecule has 1 aromatic rings. The third-order valence-corrected chi connectivity index (χ3v) is 2.22. The molecule has 1 fully saturated rings. The molecule has 27 heavy (non-hydrogen) atoms. The molecular formula is C14H25N3O8S2. The second-order valence-electron chi connectivity index (χ2n) is 5.11. The highest BCUT2D eigenvalue weighted by atomic mass is 32.2. The summed E-state index contributed by atoms with van der Waals surface area (Å²) in [5.74, 6) is -0.296. The first kappa shape index (κ1) is 27.3. The van der Waals surface area contributed by atoms with E-state index in [2.05, 4.69) is 15.6 Å². The van der Waals surface area contributed by atoms with Crippen LogP contribution in [0.5, 0.6) is 0 Å². The standard InChI is InChI=1S/C8H12N2.C4H5NO2.2CH4O3S/c1-9-7-5-8-4-2-3-6-10-8;6-3-1-2-4(7)5-3;2*1-5(2,3)4/h2-4,6,9H,5,7H2,1H3;1-2H2,(H,5,6,7);2*1H3,(H,2,3,4). The van der Waals surface area contributed by atoms with E-state index in [0.29, 0.717) is 25.4 Å². The molecule has 2 amide bonds. The lowest BCUT2D eigenvalue weighted by molar-refractivity contribution is -0.124. The largest absolute Gasteiger partial charge is 0.319 e. The second kappa shape index (κ2) is 14.2. The summed E-state index contributed by atoms with van der Waals surface area (Å²) in [6, 6.07) is 5.98. The molecule has 0 bridgehead atoms. The van der Waals surface area contributed by atoms with Crippen LogP contribution in [0.15, 0.2) is 24.4 Å². The molecule has 2 heterocycles. The van der Waals surface area contributed by atoms with Crippen LogP contribution in [0.3, 0.4) is 0 Å². The lowest BCUT2D eigenvalue weighted by atomic mass is 10.3. The predicted molar refractivity (Wildman–Crippen MR) is 99.2 cm³/mol. The highest BCUT2D eigenvalue weighted by molar-refractivity contribution is 7.85. The van der Waals surface area contributed by atoms with Crippen LogP contribution in [0.2, 0.25) is 0 Å². The van der Waals surface area contributed by atoms with Crippen LogP contribution >= 0.6 is 0 Å². The lowest BCUT2D eigenvalue weighted by Crippen LogP contribution is -2.18. The fourth-order valence-electron chi connectivity index (χ4n) is 1.31. The molecule has 0 aromatic carbocycles. The molecule has 1 aliphatic rings. The first-order valence-corrected chi connectivity index (χ1v) is 11.1. The van der Waals surface area contributed by atoms with E-state index in [4.69, 9.17) is 9.11 Å². The van der Waals surface area contributed by atoms with Crippen molar-refractivity contribution >= 4 is 32.1 Å². The molecular weight excluding hydrogens is 402 g/mol. The van der Waals surface area contributed by atoms with E-state index < -0.39 is 20.2 Å². The number of pyridine rings is 1. The van der Waals surface area contributed by atoms with E-state index >= 15 is 0 Å². The van der Waals surface area contributed by atoms with Crippen molar-refractivity contribution < 1.29 is 35.5 Å². The number of hydrogen-bond donors (Lipinski definition) is 4. The van der Waals surface area contributed by atoms with Gasteiger partial charge in [-0.15, -0.1) is 0 Å². The van der Waals surface area contributed by atoms with Gasteiger partial charge in [0.25, 0.3) is 20.2 Å². The van der Waals surface area contributed by atoms with Gasteiger partial charge in [-0.05, 0) is 19.2 Å². The summed E-state index contributed by atoms with van der Waals surface area (Å²) >= 11 is 0. The summed E-state index contributed by atoms with van der Waals surface area (Å²) in [6.45, 7) is 0.997. The van der Waals surface area contributed by atoms with Crippen molar-refractivity contribution in [3.63, 3.8) is 0 Å². The maximum absolute atomic E-state index is 10.1. The van der Waals surface area contributed by atoms with Gasteiger partial charge in [-0.3, -0.25) is 29.0 Å². The van der Waals surface area contributed by atoms with Crippen molar-refractivity contribution in [3.05, 3.63) is 30.1 Å². The van der Waals surface area contributed by atoms with Gasteiger partial charge in [0, 0.05) is 37.7 Å². The smallest absolute Gasteiger partial charge is 0.261 e. The van der Waals surface area contributed by atoms with Gasteiger partial charge in [0.05, 0.1) is 12.5 Å². The van der Waals surface area contributed by atoms with Crippen LogP contribution in [0, 0.1) is 0 Å². The average Bonchev–Trinajstić information content (AvgIpc) is 2.87.